The summed E-state index contributed by atoms with van der Waals surface area (Å²) in [4.78, 5) is 10.8. The molecule has 0 aliphatic rings. The van der Waals surface area contributed by atoms with Crippen LogP contribution in [-0.4, -0.2) is 17.6 Å². The highest BCUT2D eigenvalue weighted by Crippen LogP contribution is 2.14. The second kappa shape index (κ2) is 6.45. The molecular formula is C13H21NO3. The van der Waals surface area contributed by atoms with E-state index in [0.29, 0.717) is 17.9 Å². The topological polar surface area (TPSA) is 62.5 Å². The minimum atomic E-state index is -1.01. The van der Waals surface area contributed by atoms with Crippen LogP contribution >= 0.6 is 0 Å². The van der Waals surface area contributed by atoms with Crippen LogP contribution in [0.5, 0.6) is 0 Å². The number of rotatable bonds is 7. The van der Waals surface area contributed by atoms with E-state index in [2.05, 4.69) is 19.2 Å². The highest BCUT2D eigenvalue weighted by molar-refractivity contribution is 5.86. The zero-order valence-electron chi connectivity index (χ0n) is 10.7. The molecule has 4 heteroatoms. The highest BCUT2D eigenvalue weighted by Gasteiger charge is 2.13. The Morgan fingerprint density at radius 1 is 1.53 bits per heavy atom. The summed E-state index contributed by atoms with van der Waals surface area (Å²) >= 11 is 0. The molecule has 0 unspecified atom stereocenters. The van der Waals surface area contributed by atoms with Crippen LogP contribution in [0.25, 0.3) is 0 Å². The van der Waals surface area contributed by atoms with Crippen LogP contribution in [0.3, 0.4) is 0 Å². The lowest BCUT2D eigenvalue weighted by Crippen LogP contribution is -2.14. The molecule has 96 valence electrons. The molecule has 0 atom stereocenters. The maximum absolute atomic E-state index is 10.8. The van der Waals surface area contributed by atoms with E-state index in [1.54, 1.807) is 13.0 Å². The monoisotopic (exact) mass is 239 g/mol. The van der Waals surface area contributed by atoms with Crippen molar-refractivity contribution in [2.45, 2.75) is 40.2 Å². The standard InChI is InChI=1S/C13H21NO3/c1-9(2)5-4-6-14-8-11-7-10(3)12(17-11)13(15)16/h7,9,14H,4-6,8H2,1-3H3,(H,15,16). The molecule has 0 saturated heterocycles. The summed E-state index contributed by atoms with van der Waals surface area (Å²) in [5, 5.41) is 12.1. The van der Waals surface area contributed by atoms with Crippen molar-refractivity contribution < 1.29 is 14.3 Å². The van der Waals surface area contributed by atoms with Gasteiger partial charge in [-0.3, -0.25) is 0 Å². The molecule has 2 N–H and O–H groups in total. The molecular weight excluding hydrogens is 218 g/mol. The Labute approximate surface area is 102 Å². The molecule has 0 amide bonds. The molecule has 0 aliphatic carbocycles. The Bertz CT molecular complexity index is 369. The fourth-order valence-electron chi connectivity index (χ4n) is 1.69. The first-order valence-corrected chi connectivity index (χ1v) is 6.04. The molecule has 4 nitrogen and oxygen atoms in total. The summed E-state index contributed by atoms with van der Waals surface area (Å²) < 4.78 is 5.24. The van der Waals surface area contributed by atoms with Crippen LogP contribution in [0, 0.1) is 12.8 Å². The largest absolute Gasteiger partial charge is 0.475 e. The molecule has 0 saturated carbocycles. The predicted octanol–water partition coefficient (Wildman–Crippen LogP) is 2.81. The number of carbonyl (C=O) groups is 1. The quantitative estimate of drug-likeness (QED) is 0.718. The SMILES string of the molecule is Cc1cc(CNCCCC(C)C)oc1C(=O)O. The van der Waals surface area contributed by atoms with Crippen molar-refractivity contribution >= 4 is 5.97 Å². The lowest BCUT2D eigenvalue weighted by Gasteiger charge is -2.04. The Morgan fingerprint density at radius 3 is 2.76 bits per heavy atom. The lowest BCUT2D eigenvalue weighted by atomic mass is 10.1. The van der Waals surface area contributed by atoms with Gasteiger partial charge in [-0.25, -0.2) is 4.79 Å². The van der Waals surface area contributed by atoms with Crippen LogP contribution in [0.2, 0.25) is 0 Å². The second-order valence-corrected chi connectivity index (χ2v) is 4.74. The fourth-order valence-corrected chi connectivity index (χ4v) is 1.69. The summed E-state index contributed by atoms with van der Waals surface area (Å²) in [6, 6.07) is 1.78. The van der Waals surface area contributed by atoms with Crippen LogP contribution < -0.4 is 5.32 Å². The Kier molecular flexibility index (Phi) is 5.22. The number of hydrogen-bond donors (Lipinski definition) is 2. The molecule has 1 aromatic rings. The van der Waals surface area contributed by atoms with Gasteiger partial charge < -0.3 is 14.8 Å². The fraction of sp³-hybridized carbons (Fsp3) is 0.615. The minimum absolute atomic E-state index is 0.0454. The van der Waals surface area contributed by atoms with E-state index in [-0.39, 0.29) is 5.76 Å². The molecule has 0 aliphatic heterocycles. The Morgan fingerprint density at radius 2 is 2.24 bits per heavy atom. The molecule has 0 spiro atoms. The van der Waals surface area contributed by atoms with Crippen molar-refractivity contribution in [3.8, 4) is 0 Å². The number of hydrogen-bond acceptors (Lipinski definition) is 3. The molecule has 1 rings (SSSR count). The van der Waals surface area contributed by atoms with E-state index in [1.807, 2.05) is 0 Å². The first kappa shape index (κ1) is 13.8. The number of furan rings is 1. The molecule has 0 bridgehead atoms. The lowest BCUT2D eigenvalue weighted by molar-refractivity contribution is 0.0659. The number of nitrogens with one attached hydrogen (secondary N) is 1. The van der Waals surface area contributed by atoms with Crippen molar-refractivity contribution in [2.24, 2.45) is 5.92 Å². The number of carboxylic acid groups (broad SMARTS) is 1. The maximum atomic E-state index is 10.8. The van der Waals surface area contributed by atoms with Crippen molar-refractivity contribution in [1.29, 1.82) is 0 Å². The molecule has 0 radical (unpaired) electrons. The van der Waals surface area contributed by atoms with Gasteiger partial charge in [-0.1, -0.05) is 13.8 Å². The van der Waals surface area contributed by atoms with E-state index < -0.39 is 5.97 Å². The molecule has 1 aromatic heterocycles. The zero-order chi connectivity index (χ0) is 12.8. The van der Waals surface area contributed by atoms with Gasteiger partial charge in [0.15, 0.2) is 0 Å². The van der Waals surface area contributed by atoms with E-state index in [1.165, 1.54) is 6.42 Å². The maximum Gasteiger partial charge on any atom is 0.372 e. The molecule has 1 heterocycles. The molecule has 17 heavy (non-hydrogen) atoms. The number of aromatic carboxylic acids is 1. The zero-order valence-corrected chi connectivity index (χ0v) is 10.7. The average molecular weight is 239 g/mol. The smallest absolute Gasteiger partial charge is 0.372 e. The van der Waals surface area contributed by atoms with Gasteiger partial charge >= 0.3 is 5.97 Å². The van der Waals surface area contributed by atoms with Gasteiger partial charge in [0, 0.05) is 5.56 Å². The third-order valence-corrected chi connectivity index (χ3v) is 2.60. The van der Waals surface area contributed by atoms with Gasteiger partial charge in [-0.2, -0.15) is 0 Å². The van der Waals surface area contributed by atoms with E-state index >= 15 is 0 Å². The van der Waals surface area contributed by atoms with Gasteiger partial charge in [-0.15, -0.1) is 0 Å². The van der Waals surface area contributed by atoms with Crippen molar-refractivity contribution in [3.63, 3.8) is 0 Å². The first-order chi connectivity index (χ1) is 8.00. The van der Waals surface area contributed by atoms with E-state index in [0.717, 1.165) is 18.9 Å². The first-order valence-electron chi connectivity index (χ1n) is 6.04. The van der Waals surface area contributed by atoms with Crippen LogP contribution in [0.4, 0.5) is 0 Å². The molecule has 0 aromatic carbocycles. The van der Waals surface area contributed by atoms with Crippen molar-refractivity contribution in [3.05, 3.63) is 23.2 Å². The normalized spacial score (nSPS) is 11.1. The third kappa shape index (κ3) is 4.61. The Hall–Kier alpha value is -1.29. The van der Waals surface area contributed by atoms with Crippen molar-refractivity contribution in [1.82, 2.24) is 5.32 Å². The summed E-state index contributed by atoms with van der Waals surface area (Å²) in [6.45, 7) is 7.67. The number of aryl methyl sites for hydroxylation is 1. The second-order valence-electron chi connectivity index (χ2n) is 4.74. The van der Waals surface area contributed by atoms with Gasteiger partial charge in [0.25, 0.3) is 0 Å². The van der Waals surface area contributed by atoms with Crippen LogP contribution in [-0.2, 0) is 6.54 Å². The van der Waals surface area contributed by atoms with Crippen LogP contribution in [0.1, 0.15) is 48.6 Å². The third-order valence-electron chi connectivity index (χ3n) is 2.60. The van der Waals surface area contributed by atoms with Gasteiger partial charge in [0.1, 0.15) is 5.76 Å². The Balaban J connectivity index is 2.32. The summed E-state index contributed by atoms with van der Waals surface area (Å²) in [7, 11) is 0. The average Bonchev–Trinajstić information content (AvgIpc) is 2.59. The minimum Gasteiger partial charge on any atom is -0.475 e. The summed E-state index contributed by atoms with van der Waals surface area (Å²) in [5.74, 6) is 0.447. The highest BCUT2D eigenvalue weighted by atomic mass is 16.4. The molecule has 0 fully saturated rings. The van der Waals surface area contributed by atoms with Gasteiger partial charge in [-0.05, 0) is 38.3 Å². The number of carboxylic acids is 1. The van der Waals surface area contributed by atoms with E-state index in [9.17, 15) is 4.79 Å². The van der Waals surface area contributed by atoms with Gasteiger partial charge in [0.2, 0.25) is 5.76 Å². The van der Waals surface area contributed by atoms with Crippen LogP contribution in [0.15, 0.2) is 10.5 Å². The van der Waals surface area contributed by atoms with Gasteiger partial charge in [0.05, 0.1) is 6.54 Å². The summed E-state index contributed by atoms with van der Waals surface area (Å²) in [5.41, 5.74) is 0.677. The van der Waals surface area contributed by atoms with E-state index in [4.69, 9.17) is 9.52 Å². The van der Waals surface area contributed by atoms with Crippen molar-refractivity contribution in [2.75, 3.05) is 6.54 Å². The summed E-state index contributed by atoms with van der Waals surface area (Å²) in [6.07, 6.45) is 2.33. The predicted molar refractivity (Wildman–Crippen MR) is 66.2 cm³/mol.